The van der Waals surface area contributed by atoms with Crippen molar-refractivity contribution in [3.05, 3.63) is 29.8 Å². The second-order valence-electron chi connectivity index (χ2n) is 3.96. The number of hydrogen-bond acceptors (Lipinski definition) is 4. The first-order valence-electron chi connectivity index (χ1n) is 5.05. The molecule has 90 valence electrons. The molecule has 6 heteroatoms. The molecule has 1 aromatic carbocycles. The highest BCUT2D eigenvalue weighted by Gasteiger charge is 2.48. The fourth-order valence-corrected chi connectivity index (χ4v) is 1.78. The molecule has 0 aromatic heterocycles. The minimum absolute atomic E-state index is 0.479. The number of urea groups is 1. The Bertz CT molecular complexity index is 471. The highest BCUT2D eigenvalue weighted by molar-refractivity contribution is 6.06. The van der Waals surface area contributed by atoms with Crippen molar-refractivity contribution < 1.29 is 14.3 Å². The monoisotopic (exact) mass is 235 g/mol. The van der Waals surface area contributed by atoms with Crippen molar-refractivity contribution >= 4 is 11.9 Å². The molecule has 0 spiro atoms. The van der Waals surface area contributed by atoms with Gasteiger partial charge in [0.2, 0.25) is 0 Å². The Labute approximate surface area is 98.3 Å². The molecule has 0 bridgehead atoms. The molecule has 0 radical (unpaired) electrons. The van der Waals surface area contributed by atoms with E-state index in [0.717, 1.165) is 0 Å². The van der Waals surface area contributed by atoms with E-state index in [-0.39, 0.29) is 0 Å². The summed E-state index contributed by atoms with van der Waals surface area (Å²) >= 11 is 0. The lowest BCUT2D eigenvalue weighted by atomic mass is 9.92. The zero-order valence-electron chi connectivity index (χ0n) is 9.56. The van der Waals surface area contributed by atoms with E-state index in [2.05, 4.69) is 5.32 Å². The predicted octanol–water partition coefficient (Wildman–Crippen LogP) is 0.336. The summed E-state index contributed by atoms with van der Waals surface area (Å²) in [6.07, 6.45) is 0. The second kappa shape index (κ2) is 3.74. The Kier molecular flexibility index (Phi) is 2.51. The van der Waals surface area contributed by atoms with Gasteiger partial charge in [0.1, 0.15) is 11.3 Å². The van der Waals surface area contributed by atoms with Gasteiger partial charge in [-0.2, -0.15) is 5.01 Å². The van der Waals surface area contributed by atoms with Gasteiger partial charge in [-0.1, -0.05) is 12.1 Å². The number of methoxy groups -OCH3 is 1. The molecule has 2 rings (SSSR count). The van der Waals surface area contributed by atoms with Crippen LogP contribution in [-0.2, 0) is 10.3 Å². The number of nitrogens with one attached hydrogen (secondary N) is 1. The number of carbonyl (C=O) groups excluding carboxylic acids is 2. The maximum absolute atomic E-state index is 11.9. The lowest BCUT2D eigenvalue weighted by molar-refractivity contribution is -0.131. The Balaban J connectivity index is 2.38. The van der Waals surface area contributed by atoms with Gasteiger partial charge in [0.25, 0.3) is 5.91 Å². The Hall–Kier alpha value is -2.08. The third kappa shape index (κ3) is 1.62. The molecule has 1 unspecified atom stereocenters. The number of amides is 3. The van der Waals surface area contributed by atoms with Gasteiger partial charge in [0.05, 0.1) is 7.11 Å². The first-order chi connectivity index (χ1) is 7.99. The van der Waals surface area contributed by atoms with Crippen LogP contribution in [0.15, 0.2) is 24.3 Å². The fourth-order valence-electron chi connectivity index (χ4n) is 1.78. The van der Waals surface area contributed by atoms with E-state index in [4.69, 9.17) is 10.6 Å². The molecule has 3 N–H and O–H groups in total. The summed E-state index contributed by atoms with van der Waals surface area (Å²) in [5.74, 6) is 5.54. The normalized spacial score (nSPS) is 23.8. The van der Waals surface area contributed by atoms with Crippen LogP contribution in [0.3, 0.4) is 0 Å². The lowest BCUT2D eigenvalue weighted by Crippen LogP contribution is -2.42. The summed E-state index contributed by atoms with van der Waals surface area (Å²) < 4.78 is 5.03. The Morgan fingerprint density at radius 2 is 1.88 bits per heavy atom. The van der Waals surface area contributed by atoms with Crippen molar-refractivity contribution in [2.24, 2.45) is 5.84 Å². The molecule has 1 aliphatic heterocycles. The van der Waals surface area contributed by atoms with Crippen LogP contribution < -0.4 is 15.9 Å². The molecule has 1 aliphatic rings. The first kappa shape index (κ1) is 11.4. The van der Waals surface area contributed by atoms with E-state index in [1.165, 1.54) is 0 Å². The van der Waals surface area contributed by atoms with Crippen molar-refractivity contribution in [3.63, 3.8) is 0 Å². The van der Waals surface area contributed by atoms with Gasteiger partial charge < -0.3 is 10.1 Å². The summed E-state index contributed by atoms with van der Waals surface area (Å²) in [5, 5.41) is 3.14. The van der Waals surface area contributed by atoms with E-state index >= 15 is 0 Å². The molecular weight excluding hydrogens is 222 g/mol. The van der Waals surface area contributed by atoms with Gasteiger partial charge in [0.15, 0.2) is 0 Å². The van der Waals surface area contributed by atoms with Gasteiger partial charge >= 0.3 is 6.03 Å². The highest BCUT2D eigenvalue weighted by atomic mass is 16.5. The quantitative estimate of drug-likeness (QED) is 0.439. The minimum atomic E-state index is -1.11. The smallest absolute Gasteiger partial charge is 0.339 e. The zero-order chi connectivity index (χ0) is 12.6. The number of nitrogens with two attached hydrogens (primary N) is 1. The van der Waals surface area contributed by atoms with Gasteiger partial charge in [-0.3, -0.25) is 4.79 Å². The molecule has 1 saturated heterocycles. The average Bonchev–Trinajstić information content (AvgIpc) is 2.55. The maximum atomic E-state index is 11.9. The van der Waals surface area contributed by atoms with Crippen molar-refractivity contribution in [2.75, 3.05) is 7.11 Å². The van der Waals surface area contributed by atoms with Gasteiger partial charge in [-0.05, 0) is 24.6 Å². The second-order valence-corrected chi connectivity index (χ2v) is 3.96. The van der Waals surface area contributed by atoms with Crippen LogP contribution in [0.5, 0.6) is 5.75 Å². The van der Waals surface area contributed by atoms with Crippen LogP contribution in [0.1, 0.15) is 12.5 Å². The molecule has 17 heavy (non-hydrogen) atoms. The molecular formula is C11H13N3O3. The van der Waals surface area contributed by atoms with Crippen molar-refractivity contribution in [1.82, 2.24) is 10.3 Å². The van der Waals surface area contributed by atoms with Gasteiger partial charge in [0, 0.05) is 0 Å². The molecule has 1 atom stereocenters. The van der Waals surface area contributed by atoms with Crippen molar-refractivity contribution in [3.8, 4) is 5.75 Å². The van der Waals surface area contributed by atoms with Crippen LogP contribution in [0, 0.1) is 0 Å². The number of hydrazine groups is 1. The number of carbonyl (C=O) groups is 2. The lowest BCUT2D eigenvalue weighted by Gasteiger charge is -2.21. The number of rotatable bonds is 2. The van der Waals surface area contributed by atoms with Crippen molar-refractivity contribution in [2.45, 2.75) is 12.5 Å². The topological polar surface area (TPSA) is 84.7 Å². The van der Waals surface area contributed by atoms with Crippen LogP contribution >= 0.6 is 0 Å². The Morgan fingerprint density at radius 3 is 2.29 bits per heavy atom. The molecule has 1 heterocycles. The SMILES string of the molecule is COc1ccc(C2(C)NC(=O)N(N)C2=O)cc1. The van der Waals surface area contributed by atoms with Crippen LogP contribution in [-0.4, -0.2) is 24.1 Å². The number of imide groups is 1. The fraction of sp³-hybridized carbons (Fsp3) is 0.273. The Morgan fingerprint density at radius 1 is 1.29 bits per heavy atom. The number of ether oxygens (including phenoxy) is 1. The third-order valence-corrected chi connectivity index (χ3v) is 2.89. The molecule has 1 fully saturated rings. The molecule has 0 saturated carbocycles. The molecule has 0 aliphatic carbocycles. The number of nitrogens with zero attached hydrogens (tertiary/aromatic N) is 1. The van der Waals surface area contributed by atoms with Crippen LogP contribution in [0.4, 0.5) is 4.79 Å². The standard InChI is InChI=1S/C11H13N3O3/c1-11(9(15)14(12)10(16)13-11)7-3-5-8(17-2)6-4-7/h3-6H,12H2,1-2H3,(H,13,16). The summed E-state index contributed by atoms with van der Waals surface area (Å²) in [4.78, 5) is 23.2. The third-order valence-electron chi connectivity index (χ3n) is 2.89. The van der Waals surface area contributed by atoms with Gasteiger partial charge in [-0.15, -0.1) is 0 Å². The van der Waals surface area contributed by atoms with Crippen LogP contribution in [0.2, 0.25) is 0 Å². The summed E-state index contributed by atoms with van der Waals surface area (Å²) in [7, 11) is 1.56. The number of benzene rings is 1. The summed E-state index contributed by atoms with van der Waals surface area (Å²) in [6, 6.07) is 6.28. The average molecular weight is 235 g/mol. The first-order valence-corrected chi connectivity index (χ1v) is 5.05. The highest BCUT2D eigenvalue weighted by Crippen LogP contribution is 2.28. The largest absolute Gasteiger partial charge is 0.497 e. The molecule has 1 aromatic rings. The minimum Gasteiger partial charge on any atom is -0.497 e. The molecule has 3 amide bonds. The van der Waals surface area contributed by atoms with E-state index in [1.54, 1.807) is 38.3 Å². The predicted molar refractivity (Wildman–Crippen MR) is 59.9 cm³/mol. The maximum Gasteiger partial charge on any atom is 0.339 e. The summed E-state index contributed by atoms with van der Waals surface area (Å²) in [5.41, 5.74) is -0.456. The number of hydrogen-bond donors (Lipinski definition) is 2. The van der Waals surface area contributed by atoms with E-state index < -0.39 is 17.5 Å². The zero-order valence-corrected chi connectivity index (χ0v) is 9.56. The van der Waals surface area contributed by atoms with Crippen molar-refractivity contribution in [1.29, 1.82) is 0 Å². The van der Waals surface area contributed by atoms with E-state index in [1.807, 2.05) is 0 Å². The van der Waals surface area contributed by atoms with E-state index in [0.29, 0.717) is 16.3 Å². The molecule has 6 nitrogen and oxygen atoms in total. The van der Waals surface area contributed by atoms with Gasteiger partial charge in [-0.25, -0.2) is 10.6 Å². The summed E-state index contributed by atoms with van der Waals surface area (Å²) in [6.45, 7) is 1.61. The van der Waals surface area contributed by atoms with Crippen LogP contribution in [0.25, 0.3) is 0 Å². The van der Waals surface area contributed by atoms with E-state index in [9.17, 15) is 9.59 Å².